The molecule has 1 N–H and O–H groups in total. The van der Waals surface area contributed by atoms with Gasteiger partial charge in [0.25, 0.3) is 5.91 Å². The Balaban J connectivity index is 4.94. The second-order valence-electron chi connectivity index (χ2n) is 4.76. The number of likely N-dealkylation sites (N-methyl/N-ethyl adjacent to an activating group) is 1. The van der Waals surface area contributed by atoms with Crippen LogP contribution in [-0.4, -0.2) is 47.0 Å². The number of rotatable bonds is 7. The van der Waals surface area contributed by atoms with Crippen LogP contribution in [0.15, 0.2) is 24.8 Å². The van der Waals surface area contributed by atoms with E-state index in [1.54, 1.807) is 0 Å². The first-order chi connectivity index (χ1) is 9.16. The van der Waals surface area contributed by atoms with Gasteiger partial charge in [-0.15, -0.1) is 0 Å². The first-order valence-corrected chi connectivity index (χ1v) is 6.09. The van der Waals surface area contributed by atoms with Gasteiger partial charge in [0.1, 0.15) is 5.60 Å². The number of amides is 2. The van der Waals surface area contributed by atoms with Gasteiger partial charge in [0.15, 0.2) is 0 Å². The molecule has 20 heavy (non-hydrogen) atoms. The Morgan fingerprint density at radius 3 is 2.35 bits per heavy atom. The van der Waals surface area contributed by atoms with Crippen molar-refractivity contribution in [3.63, 3.8) is 0 Å². The van der Waals surface area contributed by atoms with E-state index in [9.17, 15) is 14.4 Å². The third-order valence-corrected chi connectivity index (χ3v) is 2.72. The van der Waals surface area contributed by atoms with E-state index in [1.165, 1.54) is 20.9 Å². The molecule has 6 heteroatoms. The smallest absolute Gasteiger partial charge is 0.330 e. The molecule has 0 aromatic carbocycles. The van der Waals surface area contributed by atoms with Gasteiger partial charge >= 0.3 is 5.97 Å². The molecule has 0 spiro atoms. The average Bonchev–Trinajstić information content (AvgIpc) is 2.36. The zero-order valence-corrected chi connectivity index (χ0v) is 12.1. The standard InChI is InChI=1S/C14H21NO5/c1-6-12(18)20-14(4,7-8-16)9-11(17)15(5)13(19)10(2)3/h6,16H,1-2,7-9H2,3-5H3. The van der Waals surface area contributed by atoms with E-state index in [1.807, 2.05) is 0 Å². The van der Waals surface area contributed by atoms with Crippen molar-refractivity contribution in [1.29, 1.82) is 0 Å². The van der Waals surface area contributed by atoms with E-state index >= 15 is 0 Å². The van der Waals surface area contributed by atoms with Crippen molar-refractivity contribution in [1.82, 2.24) is 4.90 Å². The fraction of sp³-hybridized carbons (Fsp3) is 0.500. The Morgan fingerprint density at radius 1 is 1.40 bits per heavy atom. The number of ether oxygens (including phenoxy) is 1. The summed E-state index contributed by atoms with van der Waals surface area (Å²) in [5, 5.41) is 9.01. The molecule has 1 unspecified atom stereocenters. The third kappa shape index (κ3) is 5.36. The van der Waals surface area contributed by atoms with Crippen molar-refractivity contribution in [3.8, 4) is 0 Å². The fourth-order valence-electron chi connectivity index (χ4n) is 1.53. The lowest BCUT2D eigenvalue weighted by Gasteiger charge is -2.29. The van der Waals surface area contributed by atoms with E-state index in [0.29, 0.717) is 0 Å². The van der Waals surface area contributed by atoms with E-state index in [-0.39, 0.29) is 25.0 Å². The second kappa shape index (κ2) is 7.59. The predicted molar refractivity (Wildman–Crippen MR) is 73.6 cm³/mol. The van der Waals surface area contributed by atoms with Gasteiger partial charge in [0.2, 0.25) is 5.91 Å². The van der Waals surface area contributed by atoms with Crippen LogP contribution in [0, 0.1) is 0 Å². The molecule has 0 aliphatic carbocycles. The van der Waals surface area contributed by atoms with Gasteiger partial charge in [-0.25, -0.2) is 4.79 Å². The lowest BCUT2D eigenvalue weighted by Crippen LogP contribution is -2.41. The minimum absolute atomic E-state index is 0.0768. The summed E-state index contributed by atoms with van der Waals surface area (Å²) in [5.41, 5.74) is -0.964. The summed E-state index contributed by atoms with van der Waals surface area (Å²) in [6.07, 6.45) is 0.832. The molecule has 0 heterocycles. The molecule has 0 saturated heterocycles. The summed E-state index contributed by atoms with van der Waals surface area (Å²) >= 11 is 0. The molecular weight excluding hydrogens is 262 g/mol. The van der Waals surface area contributed by atoms with E-state index in [2.05, 4.69) is 13.2 Å². The highest BCUT2D eigenvalue weighted by molar-refractivity contribution is 6.03. The molecule has 0 rings (SSSR count). The number of aliphatic hydroxyl groups excluding tert-OH is 1. The van der Waals surface area contributed by atoms with Crippen molar-refractivity contribution in [2.45, 2.75) is 32.3 Å². The van der Waals surface area contributed by atoms with Gasteiger partial charge in [-0.05, 0) is 13.8 Å². The number of hydrogen-bond acceptors (Lipinski definition) is 5. The van der Waals surface area contributed by atoms with E-state index < -0.39 is 23.4 Å². The first kappa shape index (κ1) is 18.0. The topological polar surface area (TPSA) is 83.9 Å². The second-order valence-corrected chi connectivity index (χ2v) is 4.76. The highest BCUT2D eigenvalue weighted by Gasteiger charge is 2.33. The summed E-state index contributed by atoms with van der Waals surface area (Å²) in [5.74, 6) is -1.72. The zero-order valence-electron chi connectivity index (χ0n) is 12.1. The van der Waals surface area contributed by atoms with Crippen LogP contribution in [0.2, 0.25) is 0 Å². The normalized spacial score (nSPS) is 13.0. The number of nitrogens with zero attached hydrogens (tertiary/aromatic N) is 1. The quantitative estimate of drug-likeness (QED) is 0.552. The maximum absolute atomic E-state index is 12.0. The number of aliphatic hydroxyl groups is 1. The fourth-order valence-corrected chi connectivity index (χ4v) is 1.53. The van der Waals surface area contributed by atoms with Crippen LogP contribution < -0.4 is 0 Å². The van der Waals surface area contributed by atoms with Gasteiger partial charge in [-0.2, -0.15) is 0 Å². The molecule has 0 aromatic heterocycles. The van der Waals surface area contributed by atoms with Gasteiger partial charge in [-0.3, -0.25) is 14.5 Å². The minimum Gasteiger partial charge on any atom is -0.456 e. The van der Waals surface area contributed by atoms with Crippen molar-refractivity contribution >= 4 is 17.8 Å². The monoisotopic (exact) mass is 283 g/mol. The number of imide groups is 1. The van der Waals surface area contributed by atoms with E-state index in [0.717, 1.165) is 11.0 Å². The van der Waals surface area contributed by atoms with Gasteiger partial charge < -0.3 is 9.84 Å². The van der Waals surface area contributed by atoms with Crippen molar-refractivity contribution in [2.75, 3.05) is 13.7 Å². The lowest BCUT2D eigenvalue weighted by atomic mass is 9.97. The number of esters is 1. The van der Waals surface area contributed by atoms with Crippen LogP contribution in [0.3, 0.4) is 0 Å². The molecule has 0 aliphatic rings. The highest BCUT2D eigenvalue weighted by Crippen LogP contribution is 2.22. The Labute approximate surface area is 118 Å². The largest absolute Gasteiger partial charge is 0.456 e. The molecule has 0 radical (unpaired) electrons. The predicted octanol–water partition coefficient (Wildman–Crippen LogP) is 0.808. The number of carbonyl (C=O) groups excluding carboxylic acids is 3. The molecule has 0 fully saturated rings. The van der Waals surface area contributed by atoms with Crippen LogP contribution in [-0.2, 0) is 19.1 Å². The van der Waals surface area contributed by atoms with Gasteiger partial charge in [0.05, 0.1) is 6.42 Å². The van der Waals surface area contributed by atoms with Gasteiger partial charge in [0, 0.05) is 31.7 Å². The molecular formula is C14H21NO5. The summed E-state index contributed by atoms with van der Waals surface area (Å²) in [6, 6.07) is 0. The molecule has 0 aromatic rings. The van der Waals surface area contributed by atoms with Crippen LogP contribution in [0.5, 0.6) is 0 Å². The minimum atomic E-state index is -1.19. The van der Waals surface area contributed by atoms with Gasteiger partial charge in [-0.1, -0.05) is 13.2 Å². The van der Waals surface area contributed by atoms with Crippen molar-refractivity contribution < 1.29 is 24.2 Å². The van der Waals surface area contributed by atoms with Crippen LogP contribution in [0.25, 0.3) is 0 Å². The maximum atomic E-state index is 12.0. The maximum Gasteiger partial charge on any atom is 0.330 e. The molecule has 2 amide bonds. The Hall–Kier alpha value is -1.95. The average molecular weight is 283 g/mol. The summed E-state index contributed by atoms with van der Waals surface area (Å²) < 4.78 is 5.09. The molecule has 0 aliphatic heterocycles. The summed E-state index contributed by atoms with van der Waals surface area (Å²) in [7, 11) is 1.33. The Morgan fingerprint density at radius 2 is 1.95 bits per heavy atom. The van der Waals surface area contributed by atoms with Crippen LogP contribution >= 0.6 is 0 Å². The zero-order chi connectivity index (χ0) is 15.9. The molecule has 1 atom stereocenters. The van der Waals surface area contributed by atoms with Crippen LogP contribution in [0.1, 0.15) is 26.7 Å². The Kier molecular flexibility index (Phi) is 6.85. The SMILES string of the molecule is C=CC(=O)OC(C)(CCO)CC(=O)N(C)C(=O)C(=C)C. The molecule has 6 nitrogen and oxygen atoms in total. The first-order valence-electron chi connectivity index (χ1n) is 6.09. The summed E-state index contributed by atoms with van der Waals surface area (Å²) in [6.45, 7) is 9.50. The molecule has 112 valence electrons. The number of carbonyl (C=O) groups is 3. The van der Waals surface area contributed by atoms with Crippen molar-refractivity contribution in [3.05, 3.63) is 24.8 Å². The molecule has 0 bridgehead atoms. The van der Waals surface area contributed by atoms with Crippen LogP contribution in [0.4, 0.5) is 0 Å². The molecule has 0 saturated carbocycles. The highest BCUT2D eigenvalue weighted by atomic mass is 16.6. The van der Waals surface area contributed by atoms with E-state index in [4.69, 9.17) is 9.84 Å². The number of hydrogen-bond donors (Lipinski definition) is 1. The third-order valence-electron chi connectivity index (χ3n) is 2.72. The van der Waals surface area contributed by atoms with Crippen molar-refractivity contribution in [2.24, 2.45) is 0 Å². The summed E-state index contributed by atoms with van der Waals surface area (Å²) in [4.78, 5) is 35.8. The Bertz CT molecular complexity index is 429. The lowest BCUT2D eigenvalue weighted by molar-refractivity contribution is -0.158.